The lowest BCUT2D eigenvalue weighted by atomic mass is 10.0. The second-order valence-electron chi connectivity index (χ2n) is 5.67. The van der Waals surface area contributed by atoms with Crippen LogP contribution in [0.2, 0.25) is 0 Å². The van der Waals surface area contributed by atoms with Gasteiger partial charge >= 0.3 is 0 Å². The third-order valence-corrected chi connectivity index (χ3v) is 3.96. The lowest BCUT2D eigenvalue weighted by Crippen LogP contribution is -2.04. The topological polar surface area (TPSA) is 78.9 Å². The van der Waals surface area contributed by atoms with Crippen LogP contribution in [-0.2, 0) is 6.42 Å². The molecule has 3 rings (SSSR count). The van der Waals surface area contributed by atoms with Gasteiger partial charge in [0.15, 0.2) is 5.69 Å². The van der Waals surface area contributed by atoms with E-state index in [1.807, 2.05) is 24.3 Å². The van der Waals surface area contributed by atoms with E-state index in [1.165, 1.54) is 11.6 Å². The van der Waals surface area contributed by atoms with Crippen molar-refractivity contribution in [2.75, 3.05) is 0 Å². The Morgan fingerprint density at radius 1 is 1.08 bits per heavy atom. The molecular formula is C19H19N3O2. The van der Waals surface area contributed by atoms with E-state index in [1.54, 1.807) is 18.2 Å². The summed E-state index contributed by atoms with van der Waals surface area (Å²) < 4.78 is 0. The van der Waals surface area contributed by atoms with Gasteiger partial charge in [0.05, 0.1) is 5.56 Å². The highest BCUT2D eigenvalue weighted by atomic mass is 16.3. The Morgan fingerprint density at radius 3 is 2.54 bits per heavy atom. The van der Waals surface area contributed by atoms with Crippen LogP contribution in [0.3, 0.4) is 0 Å². The predicted octanol–water partition coefficient (Wildman–Crippen LogP) is 3.75. The number of unbranched alkanes of at least 4 members (excludes halogenated alkanes) is 1. The summed E-state index contributed by atoms with van der Waals surface area (Å²) in [5.41, 5.74) is 3.00. The van der Waals surface area contributed by atoms with Gasteiger partial charge < -0.3 is 5.11 Å². The fraction of sp³-hybridized carbons (Fsp3) is 0.211. The van der Waals surface area contributed by atoms with Gasteiger partial charge in [-0.3, -0.25) is 4.79 Å². The number of nitrogens with one attached hydrogen (secondary N) is 1. The van der Waals surface area contributed by atoms with Crippen LogP contribution in [-0.4, -0.2) is 26.3 Å². The number of H-pyrrole nitrogens is 1. The molecule has 1 aromatic heterocycles. The fourth-order valence-electron chi connectivity index (χ4n) is 2.59. The molecule has 0 amide bonds. The average Bonchev–Trinajstić information content (AvgIpc) is 3.10. The molecule has 3 aromatic rings. The standard InChI is InChI=1S/C19H19N3O2/c1-2-3-6-13-9-11-14(12-10-13)17-18(21-22-20-17)19(24)15-7-4-5-8-16(15)23/h4-5,7-12,23H,2-3,6H2,1H3,(H,20,21,22). The number of rotatable bonds is 6. The van der Waals surface area contributed by atoms with Gasteiger partial charge in [-0.25, -0.2) is 0 Å². The Balaban J connectivity index is 1.90. The SMILES string of the molecule is CCCCc1ccc(-c2n[nH]nc2C(=O)c2ccccc2O)cc1. The lowest BCUT2D eigenvalue weighted by Gasteiger charge is -2.04. The lowest BCUT2D eigenvalue weighted by molar-refractivity contribution is 0.103. The molecule has 2 aromatic carbocycles. The van der Waals surface area contributed by atoms with E-state index in [2.05, 4.69) is 22.3 Å². The Bertz CT molecular complexity index is 838. The van der Waals surface area contributed by atoms with E-state index in [9.17, 15) is 9.90 Å². The first-order chi connectivity index (χ1) is 11.7. The summed E-state index contributed by atoms with van der Waals surface area (Å²) in [7, 11) is 0. The van der Waals surface area contributed by atoms with Crippen LogP contribution in [0, 0.1) is 0 Å². The summed E-state index contributed by atoms with van der Waals surface area (Å²) in [6.07, 6.45) is 3.35. The van der Waals surface area contributed by atoms with E-state index < -0.39 is 0 Å². The molecule has 0 aliphatic rings. The van der Waals surface area contributed by atoms with Crippen molar-refractivity contribution in [2.45, 2.75) is 26.2 Å². The molecule has 0 radical (unpaired) electrons. The Kier molecular flexibility index (Phi) is 4.70. The largest absolute Gasteiger partial charge is 0.507 e. The molecule has 2 N–H and O–H groups in total. The monoisotopic (exact) mass is 321 g/mol. The number of aromatic amines is 1. The Hall–Kier alpha value is -2.95. The molecule has 0 unspecified atom stereocenters. The number of aromatic nitrogens is 3. The highest BCUT2D eigenvalue weighted by molar-refractivity contribution is 6.12. The van der Waals surface area contributed by atoms with Crippen molar-refractivity contribution in [1.29, 1.82) is 0 Å². The molecule has 0 aliphatic carbocycles. The second-order valence-corrected chi connectivity index (χ2v) is 5.67. The van der Waals surface area contributed by atoms with Crippen LogP contribution in [0.25, 0.3) is 11.3 Å². The number of benzene rings is 2. The van der Waals surface area contributed by atoms with E-state index in [4.69, 9.17) is 0 Å². The van der Waals surface area contributed by atoms with E-state index in [0.717, 1.165) is 24.8 Å². The maximum Gasteiger partial charge on any atom is 0.219 e. The highest BCUT2D eigenvalue weighted by Crippen LogP contribution is 2.25. The smallest absolute Gasteiger partial charge is 0.219 e. The third-order valence-electron chi connectivity index (χ3n) is 3.96. The zero-order valence-electron chi connectivity index (χ0n) is 13.5. The Morgan fingerprint density at radius 2 is 1.83 bits per heavy atom. The van der Waals surface area contributed by atoms with Crippen LogP contribution < -0.4 is 0 Å². The number of para-hydroxylation sites is 1. The first-order valence-electron chi connectivity index (χ1n) is 8.03. The van der Waals surface area contributed by atoms with E-state index in [-0.39, 0.29) is 22.8 Å². The maximum atomic E-state index is 12.6. The minimum absolute atomic E-state index is 0.0636. The molecular weight excluding hydrogens is 302 g/mol. The first kappa shape index (κ1) is 15.9. The van der Waals surface area contributed by atoms with Crippen LogP contribution in [0.4, 0.5) is 0 Å². The number of nitrogens with zero attached hydrogens (tertiary/aromatic N) is 2. The van der Waals surface area contributed by atoms with Crippen LogP contribution in [0.5, 0.6) is 5.75 Å². The molecule has 0 spiro atoms. The molecule has 24 heavy (non-hydrogen) atoms. The summed E-state index contributed by atoms with van der Waals surface area (Å²) >= 11 is 0. The van der Waals surface area contributed by atoms with Crippen molar-refractivity contribution in [2.24, 2.45) is 0 Å². The van der Waals surface area contributed by atoms with Crippen LogP contribution >= 0.6 is 0 Å². The molecule has 5 nitrogen and oxygen atoms in total. The molecule has 1 heterocycles. The molecule has 0 saturated heterocycles. The minimum Gasteiger partial charge on any atom is -0.507 e. The van der Waals surface area contributed by atoms with Crippen molar-refractivity contribution in [3.8, 4) is 17.0 Å². The van der Waals surface area contributed by atoms with Gasteiger partial charge in [0.2, 0.25) is 5.78 Å². The molecule has 0 fully saturated rings. The summed E-state index contributed by atoms with van der Waals surface area (Å²) in [6.45, 7) is 2.17. The molecule has 0 atom stereocenters. The number of aromatic hydroxyl groups is 1. The van der Waals surface area contributed by atoms with Crippen LogP contribution in [0.15, 0.2) is 48.5 Å². The van der Waals surface area contributed by atoms with Crippen molar-refractivity contribution < 1.29 is 9.90 Å². The van der Waals surface area contributed by atoms with Gasteiger partial charge in [-0.2, -0.15) is 15.4 Å². The first-order valence-corrected chi connectivity index (χ1v) is 8.03. The summed E-state index contributed by atoms with van der Waals surface area (Å²) in [5, 5.41) is 20.5. The van der Waals surface area contributed by atoms with Gasteiger partial charge in [0, 0.05) is 5.56 Å². The van der Waals surface area contributed by atoms with Gasteiger partial charge in [0.1, 0.15) is 11.4 Å². The van der Waals surface area contributed by atoms with E-state index >= 15 is 0 Å². The summed E-state index contributed by atoms with van der Waals surface area (Å²) in [5.74, 6) is -0.418. The van der Waals surface area contributed by atoms with Crippen molar-refractivity contribution >= 4 is 5.78 Å². The van der Waals surface area contributed by atoms with Gasteiger partial charge in [-0.05, 0) is 30.5 Å². The van der Waals surface area contributed by atoms with Crippen molar-refractivity contribution in [3.05, 3.63) is 65.4 Å². The van der Waals surface area contributed by atoms with Crippen LogP contribution in [0.1, 0.15) is 41.4 Å². The predicted molar refractivity (Wildman–Crippen MR) is 92.0 cm³/mol. The van der Waals surface area contributed by atoms with Gasteiger partial charge in [-0.15, -0.1) is 0 Å². The zero-order chi connectivity index (χ0) is 16.9. The molecule has 5 heteroatoms. The second kappa shape index (κ2) is 7.08. The number of carbonyl (C=O) groups excluding carboxylic acids is 1. The number of phenols is 1. The number of carbonyl (C=O) groups is 1. The fourth-order valence-corrected chi connectivity index (χ4v) is 2.59. The summed E-state index contributed by atoms with van der Waals surface area (Å²) in [4.78, 5) is 12.6. The summed E-state index contributed by atoms with van der Waals surface area (Å²) in [6, 6.07) is 14.4. The molecule has 122 valence electrons. The molecule has 0 bridgehead atoms. The number of ketones is 1. The number of hydrogen-bond acceptors (Lipinski definition) is 4. The van der Waals surface area contributed by atoms with Crippen molar-refractivity contribution in [3.63, 3.8) is 0 Å². The zero-order valence-corrected chi connectivity index (χ0v) is 13.5. The Labute approximate surface area is 140 Å². The molecule has 0 aliphatic heterocycles. The quantitative estimate of drug-likeness (QED) is 0.678. The van der Waals surface area contributed by atoms with Gasteiger partial charge in [0.25, 0.3) is 0 Å². The number of hydrogen-bond donors (Lipinski definition) is 2. The highest BCUT2D eigenvalue weighted by Gasteiger charge is 2.21. The third kappa shape index (κ3) is 3.20. The number of aryl methyl sites for hydroxylation is 1. The maximum absolute atomic E-state index is 12.6. The minimum atomic E-state index is -0.355. The van der Waals surface area contributed by atoms with E-state index in [0.29, 0.717) is 5.69 Å². The average molecular weight is 321 g/mol. The number of phenolic OH excluding ortho intramolecular Hbond substituents is 1. The molecule has 0 saturated carbocycles. The van der Waals surface area contributed by atoms with Crippen molar-refractivity contribution in [1.82, 2.24) is 15.4 Å². The normalized spacial score (nSPS) is 10.7. The van der Waals surface area contributed by atoms with Gasteiger partial charge in [-0.1, -0.05) is 49.7 Å².